The third-order valence-electron chi connectivity index (χ3n) is 3.67. The van der Waals surface area contributed by atoms with Crippen molar-refractivity contribution in [1.82, 2.24) is 15.4 Å². The fraction of sp³-hybridized carbons (Fsp3) is 0.0526. The van der Waals surface area contributed by atoms with Gasteiger partial charge in [-0.1, -0.05) is 12.1 Å². The molecule has 0 atom stereocenters. The number of nitrogens with zero attached hydrogens (tertiary/aromatic N) is 1. The number of thiocarbonyl (C=S) groups is 1. The summed E-state index contributed by atoms with van der Waals surface area (Å²) in [6.45, 7) is 0. The number of para-hydroxylation sites is 1. The van der Waals surface area contributed by atoms with Crippen LogP contribution in [0.15, 0.2) is 73.1 Å². The van der Waals surface area contributed by atoms with Crippen LogP contribution in [0, 0.1) is 0 Å². The lowest BCUT2D eigenvalue weighted by atomic mass is 10.1. The van der Waals surface area contributed by atoms with E-state index in [-0.39, 0.29) is 11.0 Å². The maximum Gasteiger partial charge on any atom is 0.271 e. The number of benzene rings is 2. The number of hydrogen-bond acceptors (Lipinski definition) is 3. The number of ether oxygens (including phenoxy) is 1. The first-order valence-electron chi connectivity index (χ1n) is 7.91. The van der Waals surface area contributed by atoms with Crippen molar-refractivity contribution in [3.63, 3.8) is 0 Å². The molecular weight excluding hydrogens is 348 g/mol. The number of carbonyl (C=O) groups is 1. The van der Waals surface area contributed by atoms with Crippen molar-refractivity contribution in [1.29, 1.82) is 0 Å². The Morgan fingerprint density at radius 3 is 2.35 bits per heavy atom. The molecule has 0 bridgehead atoms. The van der Waals surface area contributed by atoms with Crippen molar-refractivity contribution < 1.29 is 9.53 Å². The molecule has 1 amide bonds. The highest BCUT2D eigenvalue weighted by atomic mass is 32.1. The number of anilines is 1. The van der Waals surface area contributed by atoms with Gasteiger partial charge in [0.05, 0.1) is 18.4 Å². The first-order valence-corrected chi connectivity index (χ1v) is 8.32. The van der Waals surface area contributed by atoms with Gasteiger partial charge in [0.2, 0.25) is 0 Å². The first kappa shape index (κ1) is 17.5. The second-order valence-corrected chi connectivity index (χ2v) is 5.78. The van der Waals surface area contributed by atoms with Crippen molar-refractivity contribution in [3.05, 3.63) is 78.6 Å². The van der Waals surface area contributed by atoms with Gasteiger partial charge in [-0.05, 0) is 60.7 Å². The maximum atomic E-state index is 12.5. The van der Waals surface area contributed by atoms with Crippen LogP contribution in [-0.2, 0) is 0 Å². The molecule has 0 aliphatic rings. The SMILES string of the molecule is COc1ccc(NC(=S)NNC(=O)c2ccccc2-n2cccc2)cc1. The quantitative estimate of drug-likeness (QED) is 0.489. The van der Waals surface area contributed by atoms with E-state index in [9.17, 15) is 4.79 Å². The Bertz CT molecular complexity index is 892. The second kappa shape index (κ2) is 8.17. The van der Waals surface area contributed by atoms with E-state index in [1.807, 2.05) is 71.6 Å². The van der Waals surface area contributed by atoms with Crippen LogP contribution in [0.5, 0.6) is 5.75 Å². The van der Waals surface area contributed by atoms with E-state index < -0.39 is 0 Å². The van der Waals surface area contributed by atoms with Crippen LogP contribution in [0.2, 0.25) is 0 Å². The number of hydrazine groups is 1. The molecule has 0 unspecified atom stereocenters. The maximum absolute atomic E-state index is 12.5. The molecule has 0 saturated carbocycles. The van der Waals surface area contributed by atoms with Gasteiger partial charge in [0.15, 0.2) is 5.11 Å². The Morgan fingerprint density at radius 1 is 0.962 bits per heavy atom. The Hall–Kier alpha value is -3.32. The number of aromatic nitrogens is 1. The average molecular weight is 366 g/mol. The summed E-state index contributed by atoms with van der Waals surface area (Å²) in [6.07, 6.45) is 3.77. The van der Waals surface area contributed by atoms with Crippen LogP contribution >= 0.6 is 12.2 Å². The lowest BCUT2D eigenvalue weighted by molar-refractivity contribution is 0.0944. The van der Waals surface area contributed by atoms with Gasteiger partial charge >= 0.3 is 0 Å². The van der Waals surface area contributed by atoms with Crippen molar-refractivity contribution in [2.24, 2.45) is 0 Å². The van der Waals surface area contributed by atoms with Crippen LogP contribution in [0.3, 0.4) is 0 Å². The van der Waals surface area contributed by atoms with E-state index in [1.165, 1.54) is 0 Å². The zero-order valence-electron chi connectivity index (χ0n) is 14.1. The fourth-order valence-corrected chi connectivity index (χ4v) is 2.57. The second-order valence-electron chi connectivity index (χ2n) is 5.37. The van der Waals surface area contributed by atoms with E-state index in [0.717, 1.165) is 17.1 Å². The summed E-state index contributed by atoms with van der Waals surface area (Å²) >= 11 is 5.20. The van der Waals surface area contributed by atoms with E-state index in [1.54, 1.807) is 13.2 Å². The van der Waals surface area contributed by atoms with Gasteiger partial charge in [-0.2, -0.15) is 0 Å². The van der Waals surface area contributed by atoms with Crippen LogP contribution in [0.4, 0.5) is 5.69 Å². The molecule has 6 nitrogen and oxygen atoms in total. The van der Waals surface area contributed by atoms with Crippen molar-refractivity contribution in [2.75, 3.05) is 12.4 Å². The summed E-state index contributed by atoms with van der Waals surface area (Å²) in [5.74, 6) is 0.470. The summed E-state index contributed by atoms with van der Waals surface area (Å²) < 4.78 is 6.99. The van der Waals surface area contributed by atoms with E-state index in [0.29, 0.717) is 5.56 Å². The molecule has 0 radical (unpaired) electrons. The number of nitrogens with one attached hydrogen (secondary N) is 3. The molecule has 0 fully saturated rings. The monoisotopic (exact) mass is 366 g/mol. The minimum atomic E-state index is -0.284. The van der Waals surface area contributed by atoms with Gasteiger partial charge in [0.25, 0.3) is 5.91 Å². The number of hydrogen-bond donors (Lipinski definition) is 3. The van der Waals surface area contributed by atoms with Gasteiger partial charge in [-0.3, -0.25) is 15.6 Å². The first-order chi connectivity index (χ1) is 12.7. The Morgan fingerprint density at radius 2 is 1.65 bits per heavy atom. The Balaban J connectivity index is 1.61. The third-order valence-corrected chi connectivity index (χ3v) is 3.87. The summed E-state index contributed by atoms with van der Waals surface area (Å²) in [6, 6.07) is 18.4. The predicted molar refractivity (Wildman–Crippen MR) is 106 cm³/mol. The summed E-state index contributed by atoms with van der Waals surface area (Å²) in [4.78, 5) is 12.5. The van der Waals surface area contributed by atoms with Crippen molar-refractivity contribution in [2.45, 2.75) is 0 Å². The highest BCUT2D eigenvalue weighted by Crippen LogP contribution is 2.15. The standard InChI is InChI=1S/C19H18N4O2S/c1-25-15-10-8-14(9-11-15)20-19(26)22-21-18(24)16-6-2-3-7-17(16)23-12-4-5-13-23/h2-13H,1H3,(H,21,24)(H2,20,22,26). The number of methoxy groups -OCH3 is 1. The normalized spacial score (nSPS) is 10.0. The number of carbonyl (C=O) groups excluding carboxylic acids is 1. The molecule has 26 heavy (non-hydrogen) atoms. The van der Waals surface area contributed by atoms with Gasteiger partial charge in [-0.15, -0.1) is 0 Å². The number of rotatable bonds is 4. The molecule has 2 aromatic carbocycles. The smallest absolute Gasteiger partial charge is 0.271 e. The molecule has 1 aromatic heterocycles. The zero-order valence-corrected chi connectivity index (χ0v) is 14.9. The topological polar surface area (TPSA) is 67.3 Å². The van der Waals surface area contributed by atoms with Gasteiger partial charge in [0, 0.05) is 18.1 Å². The molecule has 0 aliphatic heterocycles. The fourth-order valence-electron chi connectivity index (χ4n) is 2.40. The summed E-state index contributed by atoms with van der Waals surface area (Å²) in [5.41, 5.74) is 7.42. The molecule has 7 heteroatoms. The molecule has 0 saturated heterocycles. The number of amides is 1. The molecule has 3 rings (SSSR count). The van der Waals surface area contributed by atoms with Crippen LogP contribution in [0.1, 0.15) is 10.4 Å². The Kier molecular flexibility index (Phi) is 5.50. The average Bonchev–Trinajstić information content (AvgIpc) is 3.21. The highest BCUT2D eigenvalue weighted by Gasteiger charge is 2.12. The van der Waals surface area contributed by atoms with Gasteiger partial charge < -0.3 is 14.6 Å². The minimum absolute atomic E-state index is 0.280. The van der Waals surface area contributed by atoms with Crippen LogP contribution < -0.4 is 20.9 Å². The third kappa shape index (κ3) is 4.20. The molecular formula is C19H18N4O2S. The Labute approximate surface area is 156 Å². The molecule has 3 N–H and O–H groups in total. The van der Waals surface area contributed by atoms with Crippen molar-refractivity contribution >= 4 is 28.9 Å². The van der Waals surface area contributed by atoms with Crippen molar-refractivity contribution in [3.8, 4) is 11.4 Å². The van der Waals surface area contributed by atoms with E-state index >= 15 is 0 Å². The molecule has 0 aliphatic carbocycles. The largest absolute Gasteiger partial charge is 0.497 e. The minimum Gasteiger partial charge on any atom is -0.497 e. The van der Waals surface area contributed by atoms with E-state index in [4.69, 9.17) is 17.0 Å². The van der Waals surface area contributed by atoms with Crippen LogP contribution in [0.25, 0.3) is 5.69 Å². The molecule has 132 valence electrons. The lowest BCUT2D eigenvalue weighted by Crippen LogP contribution is -2.44. The molecule has 1 heterocycles. The molecule has 0 spiro atoms. The molecule has 3 aromatic rings. The zero-order chi connectivity index (χ0) is 18.4. The predicted octanol–water partition coefficient (Wildman–Crippen LogP) is 3.12. The summed E-state index contributed by atoms with van der Waals surface area (Å²) in [5, 5.41) is 3.27. The van der Waals surface area contributed by atoms with E-state index in [2.05, 4.69) is 16.2 Å². The highest BCUT2D eigenvalue weighted by molar-refractivity contribution is 7.80. The summed E-state index contributed by atoms with van der Waals surface area (Å²) in [7, 11) is 1.61. The van der Waals surface area contributed by atoms with Gasteiger partial charge in [-0.25, -0.2) is 0 Å². The van der Waals surface area contributed by atoms with Gasteiger partial charge in [0.1, 0.15) is 5.75 Å². The van der Waals surface area contributed by atoms with Crippen LogP contribution in [-0.4, -0.2) is 22.7 Å². The lowest BCUT2D eigenvalue weighted by Gasteiger charge is -2.14.